The molecule has 0 radical (unpaired) electrons. The fourth-order valence-electron chi connectivity index (χ4n) is 9.93. The summed E-state index contributed by atoms with van der Waals surface area (Å²) in [6.45, 7) is 0. The third-order valence-electron chi connectivity index (χ3n) is 13.0. The smallest absolute Gasteiger partial charge is 0.0541 e. The van der Waals surface area contributed by atoms with Gasteiger partial charge in [-0.25, -0.2) is 0 Å². The van der Waals surface area contributed by atoms with Gasteiger partial charge in [-0.2, -0.15) is 0 Å². The quantitative estimate of drug-likeness (QED) is 0.141. The van der Waals surface area contributed by atoms with Crippen LogP contribution in [0.15, 0.2) is 267 Å². The normalized spacial score (nSPS) is 11.3. The predicted molar refractivity (Wildman–Crippen MR) is 280 cm³/mol. The van der Waals surface area contributed by atoms with E-state index in [2.05, 4.69) is 276 Å². The van der Waals surface area contributed by atoms with E-state index in [9.17, 15) is 0 Å². The maximum absolute atomic E-state index is 2.48. The molecule has 0 saturated heterocycles. The highest BCUT2D eigenvalue weighted by molar-refractivity contribution is 6.10. The second-order valence-electron chi connectivity index (χ2n) is 16.9. The zero-order valence-corrected chi connectivity index (χ0v) is 36.3. The summed E-state index contributed by atoms with van der Waals surface area (Å²) in [7, 11) is 0. The molecule has 12 rings (SSSR count). The molecule has 12 aromatic rings. The first-order valence-electron chi connectivity index (χ1n) is 22.7. The lowest BCUT2D eigenvalue weighted by molar-refractivity contribution is 1.18. The lowest BCUT2D eigenvalue weighted by Gasteiger charge is -2.31. The van der Waals surface area contributed by atoms with Gasteiger partial charge in [-0.05, 0) is 104 Å². The summed E-state index contributed by atoms with van der Waals surface area (Å²) in [5, 5.41) is 4.95. The van der Waals surface area contributed by atoms with Crippen molar-refractivity contribution in [1.29, 1.82) is 0 Å². The number of benzene rings is 11. The van der Waals surface area contributed by atoms with Crippen molar-refractivity contribution in [3.8, 4) is 61.3 Å². The fraction of sp³-hybridized carbons (Fsp3) is 0. The van der Waals surface area contributed by atoms with Crippen LogP contribution in [-0.2, 0) is 0 Å². The van der Waals surface area contributed by atoms with Gasteiger partial charge in [-0.1, -0.05) is 212 Å². The monoisotopic (exact) mass is 840 g/mol. The number of aromatic nitrogens is 1. The van der Waals surface area contributed by atoms with Crippen molar-refractivity contribution < 1.29 is 0 Å². The molecule has 66 heavy (non-hydrogen) atoms. The van der Waals surface area contributed by atoms with E-state index in [1.165, 1.54) is 49.3 Å². The molecule has 0 bridgehead atoms. The molecule has 0 atom stereocenters. The van der Waals surface area contributed by atoms with Crippen molar-refractivity contribution in [2.24, 2.45) is 0 Å². The number of nitrogens with zero attached hydrogens (tertiary/aromatic N) is 2. The minimum atomic E-state index is 1.07. The van der Waals surface area contributed by atoms with E-state index in [1.54, 1.807) is 0 Å². The lowest BCUT2D eigenvalue weighted by Crippen LogP contribution is -2.13. The van der Waals surface area contributed by atoms with Crippen molar-refractivity contribution >= 4 is 49.6 Å². The van der Waals surface area contributed by atoms with Gasteiger partial charge in [0.2, 0.25) is 0 Å². The summed E-state index contributed by atoms with van der Waals surface area (Å²) in [6, 6.07) is 97.1. The summed E-state index contributed by atoms with van der Waals surface area (Å²) in [5.74, 6) is 0. The fourth-order valence-corrected chi connectivity index (χ4v) is 9.93. The molecule has 0 amide bonds. The Kier molecular flexibility index (Phi) is 9.89. The second kappa shape index (κ2) is 16.8. The Bertz CT molecular complexity index is 3640. The van der Waals surface area contributed by atoms with E-state index >= 15 is 0 Å². The standard InChI is InChI=1S/C64H44N2/c1-4-20-45(21-5-1)49-38-40-63(58(43-49)47-22-6-2-7-23-47)65(52-29-18-28-50(42-52)54-34-19-27-46-26-10-11-30-53(46)54)64-41-39-51(44-59(64)48-24-8-3-9-25-48)55-31-12-15-35-60(55)66-61-36-16-13-32-56(61)57-33-14-17-37-62(57)66/h1-44H. The van der Waals surface area contributed by atoms with Crippen molar-refractivity contribution in [2.75, 3.05) is 4.90 Å². The zero-order valence-electron chi connectivity index (χ0n) is 36.3. The van der Waals surface area contributed by atoms with Crippen LogP contribution in [0.2, 0.25) is 0 Å². The minimum Gasteiger partial charge on any atom is -0.309 e. The first-order valence-corrected chi connectivity index (χ1v) is 22.7. The van der Waals surface area contributed by atoms with E-state index < -0.39 is 0 Å². The average molecular weight is 841 g/mol. The number of anilines is 3. The lowest BCUT2D eigenvalue weighted by atomic mass is 9.93. The molecule has 0 aliphatic rings. The highest BCUT2D eigenvalue weighted by Gasteiger charge is 2.24. The van der Waals surface area contributed by atoms with Crippen LogP contribution in [0.25, 0.3) is 93.9 Å². The summed E-state index contributed by atoms with van der Waals surface area (Å²) in [5.41, 5.74) is 18.4. The van der Waals surface area contributed by atoms with Gasteiger partial charge in [0.05, 0.1) is 28.1 Å². The van der Waals surface area contributed by atoms with Crippen LogP contribution >= 0.6 is 0 Å². The molecule has 0 unspecified atom stereocenters. The molecule has 0 aliphatic heterocycles. The van der Waals surface area contributed by atoms with Crippen LogP contribution in [0.1, 0.15) is 0 Å². The molecule has 0 fully saturated rings. The van der Waals surface area contributed by atoms with Crippen LogP contribution in [0.3, 0.4) is 0 Å². The van der Waals surface area contributed by atoms with Crippen LogP contribution < -0.4 is 4.90 Å². The Morgan fingerprint density at radius 1 is 0.258 bits per heavy atom. The SMILES string of the molecule is c1ccc(-c2ccc(N(c3cccc(-c4cccc5ccccc45)c3)c3ccc(-c4ccccc4-n4c5ccccc5c5ccccc54)cc3-c3ccccc3)c(-c3ccccc3)c2)cc1. The second-order valence-corrected chi connectivity index (χ2v) is 16.9. The Morgan fingerprint density at radius 2 is 0.712 bits per heavy atom. The maximum Gasteiger partial charge on any atom is 0.0541 e. The molecular weight excluding hydrogens is 797 g/mol. The highest BCUT2D eigenvalue weighted by Crippen LogP contribution is 2.48. The third-order valence-corrected chi connectivity index (χ3v) is 13.0. The largest absolute Gasteiger partial charge is 0.309 e. The van der Waals surface area contributed by atoms with E-state index in [0.29, 0.717) is 0 Å². The van der Waals surface area contributed by atoms with Crippen molar-refractivity contribution in [3.63, 3.8) is 0 Å². The Labute approximate surface area is 385 Å². The van der Waals surface area contributed by atoms with Gasteiger partial charge >= 0.3 is 0 Å². The summed E-state index contributed by atoms with van der Waals surface area (Å²) in [6.07, 6.45) is 0. The van der Waals surface area contributed by atoms with Crippen molar-refractivity contribution in [1.82, 2.24) is 4.57 Å². The first kappa shape index (κ1) is 38.9. The van der Waals surface area contributed by atoms with Gasteiger partial charge < -0.3 is 9.47 Å². The molecule has 0 saturated carbocycles. The van der Waals surface area contributed by atoms with Gasteiger partial charge in [0.25, 0.3) is 0 Å². The molecule has 11 aromatic carbocycles. The van der Waals surface area contributed by atoms with E-state index in [-0.39, 0.29) is 0 Å². The van der Waals surface area contributed by atoms with E-state index in [4.69, 9.17) is 0 Å². The van der Waals surface area contributed by atoms with Crippen molar-refractivity contribution in [3.05, 3.63) is 267 Å². The van der Waals surface area contributed by atoms with Crippen molar-refractivity contribution in [2.45, 2.75) is 0 Å². The highest BCUT2D eigenvalue weighted by atomic mass is 15.1. The molecule has 310 valence electrons. The van der Waals surface area contributed by atoms with Gasteiger partial charge in [0, 0.05) is 33.2 Å². The van der Waals surface area contributed by atoms with Crippen LogP contribution in [0.5, 0.6) is 0 Å². The predicted octanol–water partition coefficient (Wildman–Crippen LogP) is 17.7. The minimum absolute atomic E-state index is 1.07. The van der Waals surface area contributed by atoms with Gasteiger partial charge in [0.15, 0.2) is 0 Å². The maximum atomic E-state index is 2.48. The van der Waals surface area contributed by atoms with E-state index in [1.807, 2.05) is 0 Å². The van der Waals surface area contributed by atoms with Gasteiger partial charge in [-0.3, -0.25) is 0 Å². The molecule has 0 aliphatic carbocycles. The zero-order chi connectivity index (χ0) is 43.8. The molecule has 2 nitrogen and oxygen atoms in total. The number of para-hydroxylation sites is 3. The molecular formula is C64H44N2. The number of rotatable bonds is 9. The molecule has 2 heteroatoms. The number of hydrogen-bond acceptors (Lipinski definition) is 1. The van der Waals surface area contributed by atoms with Gasteiger partial charge in [0.1, 0.15) is 0 Å². The molecule has 0 spiro atoms. The van der Waals surface area contributed by atoms with E-state index in [0.717, 1.165) is 61.7 Å². The third kappa shape index (κ3) is 6.93. The average Bonchev–Trinajstić information content (AvgIpc) is 3.74. The van der Waals surface area contributed by atoms with Crippen LogP contribution in [0.4, 0.5) is 17.1 Å². The number of fused-ring (bicyclic) bond motifs is 4. The number of hydrogen-bond donors (Lipinski definition) is 0. The Morgan fingerprint density at radius 3 is 1.38 bits per heavy atom. The first-order chi connectivity index (χ1) is 32.8. The molecule has 1 aromatic heterocycles. The van der Waals surface area contributed by atoms with Crippen LogP contribution in [0, 0.1) is 0 Å². The topological polar surface area (TPSA) is 8.17 Å². The molecule has 0 N–H and O–H groups in total. The Balaban J connectivity index is 1.12. The molecule has 1 heterocycles. The summed E-state index contributed by atoms with van der Waals surface area (Å²) >= 11 is 0. The summed E-state index contributed by atoms with van der Waals surface area (Å²) < 4.78 is 2.43. The van der Waals surface area contributed by atoms with Crippen LogP contribution in [-0.4, -0.2) is 4.57 Å². The Hall–Kier alpha value is -8.72. The summed E-state index contributed by atoms with van der Waals surface area (Å²) in [4.78, 5) is 2.48. The van der Waals surface area contributed by atoms with Gasteiger partial charge in [-0.15, -0.1) is 0 Å².